The molecule has 0 unspecified atom stereocenters. The van der Waals surface area contributed by atoms with E-state index in [2.05, 4.69) is 21.7 Å². The first kappa shape index (κ1) is 18.2. The molecule has 0 saturated carbocycles. The highest BCUT2D eigenvalue weighted by Crippen LogP contribution is 2.24. The fourth-order valence-electron chi connectivity index (χ4n) is 2.98. The predicted octanol–water partition coefficient (Wildman–Crippen LogP) is 5.33. The van der Waals surface area contributed by atoms with E-state index in [-0.39, 0.29) is 5.91 Å². The Labute approximate surface area is 168 Å². The maximum absolute atomic E-state index is 12.1. The van der Waals surface area contributed by atoms with E-state index in [1.807, 2.05) is 72.8 Å². The van der Waals surface area contributed by atoms with Gasteiger partial charge >= 0.3 is 0 Å². The number of aromatic nitrogens is 1. The first-order valence-electron chi connectivity index (χ1n) is 9.28. The third-order valence-electron chi connectivity index (χ3n) is 4.39. The molecule has 1 heterocycles. The summed E-state index contributed by atoms with van der Waals surface area (Å²) in [5.41, 5.74) is 4.07. The Morgan fingerprint density at radius 3 is 2.39 bits per heavy atom. The summed E-state index contributed by atoms with van der Waals surface area (Å²) in [5.74, 6) is 0.00218. The summed E-state index contributed by atoms with van der Waals surface area (Å²) >= 11 is 1.73. The largest absolute Gasteiger partial charge is 0.385 e. The number of carbonyl (C=O) groups excluding carboxylic acids is 1. The number of nitrogens with one attached hydrogen (secondary N) is 2. The lowest BCUT2D eigenvalue weighted by Gasteiger charge is -2.08. The summed E-state index contributed by atoms with van der Waals surface area (Å²) in [6, 6.07) is 26.1. The smallest absolute Gasteiger partial charge is 0.226 e. The maximum atomic E-state index is 12.1. The summed E-state index contributed by atoms with van der Waals surface area (Å²) < 4.78 is 1.21. The van der Waals surface area contributed by atoms with Crippen LogP contribution in [0.2, 0.25) is 0 Å². The molecule has 5 heteroatoms. The molecular formula is C23H21N3OS. The number of amides is 1. The maximum Gasteiger partial charge on any atom is 0.226 e. The topological polar surface area (TPSA) is 54.0 Å². The van der Waals surface area contributed by atoms with Crippen LogP contribution in [0, 0.1) is 0 Å². The standard InChI is InChI=1S/C23H21N3OS/c27-22(14-15-24-18-6-2-1-3-7-18)25-19-12-10-17(11-13-19)16-23-26-20-8-4-5-9-21(20)28-23/h1-13,24H,14-16H2,(H,25,27). The summed E-state index contributed by atoms with van der Waals surface area (Å²) in [7, 11) is 0. The number of hydrogen-bond acceptors (Lipinski definition) is 4. The normalized spacial score (nSPS) is 10.7. The van der Waals surface area contributed by atoms with Crippen LogP contribution in [0.15, 0.2) is 78.9 Å². The molecule has 0 aliphatic heterocycles. The molecule has 0 atom stereocenters. The number of hydrogen-bond donors (Lipinski definition) is 2. The highest BCUT2D eigenvalue weighted by Gasteiger charge is 2.06. The minimum absolute atomic E-state index is 0.00218. The van der Waals surface area contributed by atoms with Gasteiger partial charge in [0.15, 0.2) is 0 Å². The average Bonchev–Trinajstić information content (AvgIpc) is 3.12. The minimum Gasteiger partial charge on any atom is -0.385 e. The molecule has 3 aromatic carbocycles. The number of thiazole rings is 1. The monoisotopic (exact) mass is 387 g/mol. The molecule has 0 aliphatic carbocycles. The summed E-state index contributed by atoms with van der Waals surface area (Å²) in [5, 5.41) is 7.29. The van der Waals surface area contributed by atoms with Gasteiger partial charge in [-0.1, -0.05) is 42.5 Å². The molecule has 0 radical (unpaired) electrons. The fourth-order valence-corrected chi connectivity index (χ4v) is 3.98. The van der Waals surface area contributed by atoms with Crippen molar-refractivity contribution in [2.75, 3.05) is 17.2 Å². The molecule has 0 aliphatic rings. The molecule has 2 N–H and O–H groups in total. The lowest BCUT2D eigenvalue weighted by Crippen LogP contribution is -2.16. The molecule has 0 bridgehead atoms. The lowest BCUT2D eigenvalue weighted by molar-refractivity contribution is -0.115. The SMILES string of the molecule is O=C(CCNc1ccccc1)Nc1ccc(Cc2nc3ccccc3s2)cc1. The second-order valence-corrected chi connectivity index (χ2v) is 7.66. The van der Waals surface area contributed by atoms with Crippen molar-refractivity contribution >= 4 is 38.8 Å². The Kier molecular flexibility index (Phi) is 5.64. The minimum atomic E-state index is 0.00218. The number of benzene rings is 3. The quantitative estimate of drug-likeness (QED) is 0.451. The molecule has 1 aromatic heterocycles. The highest BCUT2D eigenvalue weighted by atomic mass is 32.1. The van der Waals surface area contributed by atoms with E-state index in [0.29, 0.717) is 13.0 Å². The van der Waals surface area contributed by atoms with Gasteiger partial charge in [-0.05, 0) is 42.0 Å². The third-order valence-corrected chi connectivity index (χ3v) is 5.42. The van der Waals surface area contributed by atoms with Crippen LogP contribution in [0.5, 0.6) is 0 Å². The Balaban J connectivity index is 1.28. The second kappa shape index (κ2) is 8.67. The number of carbonyl (C=O) groups is 1. The van der Waals surface area contributed by atoms with Crippen LogP contribution in [0.3, 0.4) is 0 Å². The van der Waals surface area contributed by atoms with Crippen molar-refractivity contribution < 1.29 is 4.79 Å². The van der Waals surface area contributed by atoms with E-state index in [9.17, 15) is 4.79 Å². The molecule has 0 spiro atoms. The fraction of sp³-hybridized carbons (Fsp3) is 0.130. The van der Waals surface area contributed by atoms with Crippen molar-refractivity contribution in [1.82, 2.24) is 4.98 Å². The number of anilines is 2. The molecule has 0 saturated heterocycles. The zero-order chi connectivity index (χ0) is 19.2. The van der Waals surface area contributed by atoms with Crippen LogP contribution < -0.4 is 10.6 Å². The van der Waals surface area contributed by atoms with E-state index >= 15 is 0 Å². The molecule has 0 fully saturated rings. The Bertz CT molecular complexity index is 1030. The first-order valence-corrected chi connectivity index (χ1v) is 10.1. The Morgan fingerprint density at radius 1 is 0.857 bits per heavy atom. The van der Waals surface area contributed by atoms with Crippen LogP contribution >= 0.6 is 11.3 Å². The van der Waals surface area contributed by atoms with E-state index < -0.39 is 0 Å². The van der Waals surface area contributed by atoms with Crippen molar-refractivity contribution in [2.45, 2.75) is 12.8 Å². The molecule has 4 aromatic rings. The highest BCUT2D eigenvalue weighted by molar-refractivity contribution is 7.18. The van der Waals surface area contributed by atoms with Crippen molar-refractivity contribution in [3.8, 4) is 0 Å². The van der Waals surface area contributed by atoms with Gasteiger partial charge in [0.1, 0.15) is 0 Å². The molecule has 4 nitrogen and oxygen atoms in total. The van der Waals surface area contributed by atoms with Gasteiger partial charge in [0.05, 0.1) is 15.2 Å². The summed E-state index contributed by atoms with van der Waals surface area (Å²) in [6.45, 7) is 0.603. The molecule has 28 heavy (non-hydrogen) atoms. The van der Waals surface area contributed by atoms with Crippen molar-refractivity contribution in [1.29, 1.82) is 0 Å². The van der Waals surface area contributed by atoms with Gasteiger partial charge in [-0.3, -0.25) is 4.79 Å². The van der Waals surface area contributed by atoms with Gasteiger partial charge in [-0.15, -0.1) is 11.3 Å². The van der Waals surface area contributed by atoms with Gasteiger partial charge in [-0.2, -0.15) is 0 Å². The number of rotatable bonds is 7. The first-order chi connectivity index (χ1) is 13.8. The number of fused-ring (bicyclic) bond motifs is 1. The van der Waals surface area contributed by atoms with Crippen molar-refractivity contribution in [3.63, 3.8) is 0 Å². The zero-order valence-electron chi connectivity index (χ0n) is 15.4. The summed E-state index contributed by atoms with van der Waals surface area (Å²) in [6.07, 6.45) is 1.22. The number of para-hydroxylation sites is 2. The van der Waals surface area contributed by atoms with Crippen LogP contribution in [0.1, 0.15) is 17.0 Å². The van der Waals surface area contributed by atoms with Crippen molar-refractivity contribution in [2.24, 2.45) is 0 Å². The van der Waals surface area contributed by atoms with Gasteiger partial charge in [0.25, 0.3) is 0 Å². The predicted molar refractivity (Wildman–Crippen MR) is 117 cm³/mol. The van der Waals surface area contributed by atoms with Crippen LogP contribution in [-0.2, 0) is 11.2 Å². The van der Waals surface area contributed by atoms with Gasteiger partial charge < -0.3 is 10.6 Å². The summed E-state index contributed by atoms with van der Waals surface area (Å²) in [4.78, 5) is 16.8. The van der Waals surface area contributed by atoms with E-state index in [1.165, 1.54) is 10.3 Å². The second-order valence-electron chi connectivity index (χ2n) is 6.54. The molecule has 4 rings (SSSR count). The Morgan fingerprint density at radius 2 is 1.61 bits per heavy atom. The lowest BCUT2D eigenvalue weighted by atomic mass is 10.1. The third kappa shape index (κ3) is 4.75. The van der Waals surface area contributed by atoms with E-state index in [4.69, 9.17) is 0 Å². The van der Waals surface area contributed by atoms with Crippen molar-refractivity contribution in [3.05, 3.63) is 89.4 Å². The average molecular weight is 388 g/mol. The van der Waals surface area contributed by atoms with Crippen LogP contribution in [0.4, 0.5) is 11.4 Å². The molecule has 1 amide bonds. The van der Waals surface area contributed by atoms with Gasteiger partial charge in [0, 0.05) is 30.8 Å². The van der Waals surface area contributed by atoms with Crippen LogP contribution in [0.25, 0.3) is 10.2 Å². The zero-order valence-corrected chi connectivity index (χ0v) is 16.2. The van der Waals surface area contributed by atoms with E-state index in [1.54, 1.807) is 11.3 Å². The van der Waals surface area contributed by atoms with E-state index in [0.717, 1.165) is 28.3 Å². The number of nitrogens with zero attached hydrogens (tertiary/aromatic N) is 1. The molecular weight excluding hydrogens is 366 g/mol. The van der Waals surface area contributed by atoms with Gasteiger partial charge in [-0.25, -0.2) is 4.98 Å². The van der Waals surface area contributed by atoms with Crippen LogP contribution in [-0.4, -0.2) is 17.4 Å². The van der Waals surface area contributed by atoms with Gasteiger partial charge in [0.2, 0.25) is 5.91 Å². The molecule has 140 valence electrons. The Hall–Kier alpha value is -3.18.